The predicted molar refractivity (Wildman–Crippen MR) is 53.1 cm³/mol. The van der Waals surface area contributed by atoms with Crippen molar-refractivity contribution in [3.63, 3.8) is 0 Å². The van der Waals surface area contributed by atoms with Gasteiger partial charge in [-0.2, -0.15) is 0 Å². The first-order chi connectivity index (χ1) is 6.60. The summed E-state index contributed by atoms with van der Waals surface area (Å²) in [6.45, 7) is 1.62. The fourth-order valence-electron chi connectivity index (χ4n) is 1.22. The second kappa shape index (κ2) is 4.68. The smallest absolute Gasteiger partial charge is 0.265 e. The average molecular weight is 266 g/mol. The summed E-state index contributed by atoms with van der Waals surface area (Å²) >= 11 is 3.12. The van der Waals surface area contributed by atoms with E-state index in [4.69, 9.17) is 4.74 Å². The molecule has 1 aromatic rings. The summed E-state index contributed by atoms with van der Waals surface area (Å²) in [5, 5.41) is 0.296. The van der Waals surface area contributed by atoms with Gasteiger partial charge in [-0.25, -0.2) is 13.8 Å². The van der Waals surface area contributed by atoms with Crippen molar-refractivity contribution in [3.05, 3.63) is 22.9 Å². The highest BCUT2D eigenvalue weighted by Crippen LogP contribution is 2.29. The number of ether oxygens (including phenoxy) is 1. The highest BCUT2D eigenvalue weighted by atomic mass is 79.9. The standard InChI is InChI=1S/C9H10BrF2NO/c1-5-3-7(14-2)13-6(4-10)8(5)9(11)12/h3,9H,4H2,1-2H3. The van der Waals surface area contributed by atoms with Crippen LogP contribution in [0.1, 0.15) is 23.2 Å². The Bertz CT molecular complexity index is 331. The molecule has 1 rings (SSSR count). The summed E-state index contributed by atoms with van der Waals surface area (Å²) in [5.41, 5.74) is 0.820. The normalized spacial score (nSPS) is 10.7. The van der Waals surface area contributed by atoms with Crippen molar-refractivity contribution in [2.75, 3.05) is 7.11 Å². The molecule has 0 aliphatic heterocycles. The largest absolute Gasteiger partial charge is 0.481 e. The van der Waals surface area contributed by atoms with Crippen molar-refractivity contribution in [3.8, 4) is 5.88 Å². The first-order valence-corrected chi connectivity index (χ1v) is 5.10. The van der Waals surface area contributed by atoms with Gasteiger partial charge in [-0.3, -0.25) is 0 Å². The van der Waals surface area contributed by atoms with Gasteiger partial charge < -0.3 is 4.74 Å². The first kappa shape index (κ1) is 11.4. The van der Waals surface area contributed by atoms with Crippen LogP contribution >= 0.6 is 15.9 Å². The lowest BCUT2D eigenvalue weighted by Gasteiger charge is -2.10. The number of halogens is 3. The summed E-state index contributed by atoms with van der Waals surface area (Å²) in [6, 6.07) is 1.51. The SMILES string of the molecule is COc1cc(C)c(C(F)F)c(CBr)n1. The number of aromatic nitrogens is 1. The van der Waals surface area contributed by atoms with Crippen molar-refractivity contribution in [1.82, 2.24) is 4.98 Å². The number of aryl methyl sites for hydroxylation is 1. The minimum absolute atomic E-state index is 0.0114. The third kappa shape index (κ3) is 2.20. The van der Waals surface area contributed by atoms with Crippen LogP contribution in [0.15, 0.2) is 6.07 Å². The third-order valence-corrected chi connectivity index (χ3v) is 2.41. The van der Waals surface area contributed by atoms with E-state index in [2.05, 4.69) is 20.9 Å². The topological polar surface area (TPSA) is 22.1 Å². The number of rotatable bonds is 3. The molecule has 5 heteroatoms. The molecular weight excluding hydrogens is 256 g/mol. The summed E-state index contributed by atoms with van der Waals surface area (Å²) in [7, 11) is 1.46. The summed E-state index contributed by atoms with van der Waals surface area (Å²) in [5.74, 6) is 0.362. The maximum atomic E-state index is 12.6. The number of methoxy groups -OCH3 is 1. The lowest BCUT2D eigenvalue weighted by Crippen LogP contribution is -2.01. The lowest BCUT2D eigenvalue weighted by atomic mass is 10.1. The summed E-state index contributed by atoms with van der Waals surface area (Å²) < 4.78 is 30.1. The molecule has 2 nitrogen and oxygen atoms in total. The van der Waals surface area contributed by atoms with Gasteiger partial charge in [-0.15, -0.1) is 0 Å². The molecule has 1 heterocycles. The average Bonchev–Trinajstić information content (AvgIpc) is 2.15. The van der Waals surface area contributed by atoms with E-state index in [1.807, 2.05) is 0 Å². The Labute approximate surface area is 89.4 Å². The summed E-state index contributed by atoms with van der Waals surface area (Å²) in [6.07, 6.45) is -2.50. The van der Waals surface area contributed by atoms with E-state index in [0.29, 0.717) is 22.5 Å². The molecule has 0 radical (unpaired) electrons. The zero-order chi connectivity index (χ0) is 10.7. The Hall–Kier alpha value is -0.710. The van der Waals surface area contributed by atoms with Gasteiger partial charge in [0.05, 0.1) is 12.8 Å². The molecule has 0 N–H and O–H groups in total. The van der Waals surface area contributed by atoms with Crippen LogP contribution in [0.5, 0.6) is 5.88 Å². The van der Waals surface area contributed by atoms with Crippen LogP contribution < -0.4 is 4.74 Å². The number of hydrogen-bond acceptors (Lipinski definition) is 2. The van der Waals surface area contributed by atoms with Gasteiger partial charge >= 0.3 is 0 Å². The number of pyridine rings is 1. The van der Waals surface area contributed by atoms with Crippen molar-refractivity contribution < 1.29 is 13.5 Å². The van der Waals surface area contributed by atoms with Gasteiger partial charge in [-0.1, -0.05) is 15.9 Å². The van der Waals surface area contributed by atoms with E-state index in [1.165, 1.54) is 13.2 Å². The number of hydrogen-bond donors (Lipinski definition) is 0. The Morgan fingerprint density at radius 1 is 1.57 bits per heavy atom. The third-order valence-electron chi connectivity index (χ3n) is 1.87. The van der Waals surface area contributed by atoms with E-state index < -0.39 is 6.43 Å². The fourth-order valence-corrected chi connectivity index (χ4v) is 1.65. The van der Waals surface area contributed by atoms with Crippen molar-refractivity contribution in [2.45, 2.75) is 18.7 Å². The fraction of sp³-hybridized carbons (Fsp3) is 0.444. The van der Waals surface area contributed by atoms with E-state index >= 15 is 0 Å². The molecule has 0 amide bonds. The van der Waals surface area contributed by atoms with Crippen LogP contribution in [0.25, 0.3) is 0 Å². The first-order valence-electron chi connectivity index (χ1n) is 3.98. The van der Waals surface area contributed by atoms with Crippen LogP contribution in [-0.4, -0.2) is 12.1 Å². The summed E-state index contributed by atoms with van der Waals surface area (Å²) in [4.78, 5) is 3.94. The maximum absolute atomic E-state index is 12.6. The van der Waals surface area contributed by atoms with Gasteiger partial charge in [0.15, 0.2) is 0 Å². The molecule has 0 saturated carbocycles. The van der Waals surface area contributed by atoms with Gasteiger partial charge in [0, 0.05) is 17.0 Å². The Morgan fingerprint density at radius 2 is 2.21 bits per heavy atom. The zero-order valence-corrected chi connectivity index (χ0v) is 9.44. The van der Waals surface area contributed by atoms with E-state index in [9.17, 15) is 8.78 Å². The lowest BCUT2D eigenvalue weighted by molar-refractivity contribution is 0.149. The molecule has 0 fully saturated rings. The molecule has 0 bridgehead atoms. The second-order valence-electron chi connectivity index (χ2n) is 2.78. The Kier molecular flexibility index (Phi) is 3.80. The van der Waals surface area contributed by atoms with Gasteiger partial charge in [0.2, 0.25) is 5.88 Å². The quantitative estimate of drug-likeness (QED) is 0.783. The maximum Gasteiger partial charge on any atom is 0.265 e. The molecular formula is C9H10BrF2NO. The van der Waals surface area contributed by atoms with Crippen LogP contribution in [0, 0.1) is 6.92 Å². The van der Waals surface area contributed by atoms with Gasteiger partial charge in [0.25, 0.3) is 6.43 Å². The number of alkyl halides is 3. The van der Waals surface area contributed by atoms with Crippen LogP contribution in [-0.2, 0) is 5.33 Å². The molecule has 78 valence electrons. The minimum Gasteiger partial charge on any atom is -0.481 e. The molecule has 1 aromatic heterocycles. The highest BCUT2D eigenvalue weighted by molar-refractivity contribution is 9.08. The van der Waals surface area contributed by atoms with E-state index in [-0.39, 0.29) is 5.56 Å². The minimum atomic E-state index is -2.50. The van der Waals surface area contributed by atoms with E-state index in [0.717, 1.165) is 0 Å². The molecule has 0 spiro atoms. The predicted octanol–water partition coefficient (Wildman–Crippen LogP) is 3.23. The van der Waals surface area contributed by atoms with Crippen molar-refractivity contribution in [1.29, 1.82) is 0 Å². The molecule has 0 aliphatic carbocycles. The molecule has 0 aliphatic rings. The zero-order valence-electron chi connectivity index (χ0n) is 7.85. The van der Waals surface area contributed by atoms with E-state index in [1.54, 1.807) is 6.92 Å². The number of nitrogens with zero attached hydrogens (tertiary/aromatic N) is 1. The Balaban J connectivity index is 3.27. The van der Waals surface area contributed by atoms with Crippen molar-refractivity contribution >= 4 is 15.9 Å². The van der Waals surface area contributed by atoms with Crippen LogP contribution in [0.3, 0.4) is 0 Å². The molecule has 0 aromatic carbocycles. The van der Waals surface area contributed by atoms with Gasteiger partial charge in [-0.05, 0) is 12.5 Å². The van der Waals surface area contributed by atoms with Crippen LogP contribution in [0.2, 0.25) is 0 Å². The Morgan fingerprint density at radius 3 is 2.64 bits per heavy atom. The monoisotopic (exact) mass is 265 g/mol. The highest BCUT2D eigenvalue weighted by Gasteiger charge is 2.17. The van der Waals surface area contributed by atoms with Gasteiger partial charge in [0.1, 0.15) is 0 Å². The molecule has 14 heavy (non-hydrogen) atoms. The molecule has 0 unspecified atom stereocenters. The molecule has 0 atom stereocenters. The molecule has 0 saturated heterocycles. The van der Waals surface area contributed by atoms with Crippen molar-refractivity contribution in [2.24, 2.45) is 0 Å². The van der Waals surface area contributed by atoms with Crippen LogP contribution in [0.4, 0.5) is 8.78 Å². The second-order valence-corrected chi connectivity index (χ2v) is 3.34.